The van der Waals surface area contributed by atoms with Crippen LogP contribution in [0.15, 0.2) is 55.1 Å². The Kier molecular flexibility index (Phi) is 9.72. The van der Waals surface area contributed by atoms with Crippen LogP contribution in [0, 0.1) is 5.92 Å². The van der Waals surface area contributed by atoms with Crippen LogP contribution in [0.3, 0.4) is 0 Å². The number of carbonyl (C=O) groups is 4. The van der Waals surface area contributed by atoms with Crippen LogP contribution in [0.2, 0.25) is 0 Å². The van der Waals surface area contributed by atoms with E-state index in [0.29, 0.717) is 41.1 Å². The molecule has 0 bridgehead atoms. The maximum absolute atomic E-state index is 14.4. The number of aromatic nitrogens is 3. The van der Waals surface area contributed by atoms with Crippen LogP contribution in [-0.4, -0.2) is 91.4 Å². The lowest BCUT2D eigenvalue weighted by Crippen LogP contribution is -2.56. The van der Waals surface area contributed by atoms with Gasteiger partial charge in [-0.15, -0.1) is 0 Å². The van der Waals surface area contributed by atoms with Crippen LogP contribution in [0.1, 0.15) is 65.7 Å². The van der Waals surface area contributed by atoms with Crippen LogP contribution < -0.4 is 20.1 Å². The highest BCUT2D eigenvalue weighted by atomic mass is 16.6. The Morgan fingerprint density at radius 1 is 1.14 bits per heavy atom. The van der Waals surface area contributed by atoms with Gasteiger partial charge in [0.25, 0.3) is 0 Å². The summed E-state index contributed by atoms with van der Waals surface area (Å²) in [6.45, 7) is 5.23. The number of hydrogen-bond donors (Lipinski definition) is 3. The lowest BCUT2D eigenvalue weighted by atomic mass is 10.0. The number of fused-ring (bicyclic) bond motifs is 3. The Labute approximate surface area is 290 Å². The summed E-state index contributed by atoms with van der Waals surface area (Å²) in [6.07, 6.45) is 11.1. The van der Waals surface area contributed by atoms with Gasteiger partial charge in [0, 0.05) is 42.3 Å². The van der Waals surface area contributed by atoms with Crippen LogP contribution in [0.25, 0.3) is 16.7 Å². The smallest absolute Gasteiger partial charge is 0.408 e. The quantitative estimate of drug-likeness (QED) is 0.319. The van der Waals surface area contributed by atoms with Crippen LogP contribution in [-0.2, 0) is 19.1 Å². The average molecular weight is 689 g/mol. The summed E-state index contributed by atoms with van der Waals surface area (Å²) in [6, 6.07) is 5.16. The van der Waals surface area contributed by atoms with E-state index in [-0.39, 0.29) is 25.3 Å². The van der Waals surface area contributed by atoms with Crippen molar-refractivity contribution in [1.29, 1.82) is 0 Å². The number of carbonyl (C=O) groups excluding carboxylic acids is 3. The molecule has 1 aliphatic carbocycles. The normalized spacial score (nSPS) is 26.4. The van der Waals surface area contributed by atoms with Crippen molar-refractivity contribution in [3.05, 3.63) is 55.1 Å². The Balaban J connectivity index is 1.34. The number of imidazole rings is 1. The highest BCUT2D eigenvalue weighted by Crippen LogP contribution is 2.45. The summed E-state index contributed by atoms with van der Waals surface area (Å²) in [5.74, 6) is -0.902. The van der Waals surface area contributed by atoms with E-state index in [1.165, 1.54) is 4.90 Å². The van der Waals surface area contributed by atoms with E-state index in [2.05, 4.69) is 15.6 Å². The SMILES string of the molecule is COc1ccc2c(O[C@@H]3C[C@H]4C(=O)N[C@]5(C(=O)O)C[C@H]5/C=C\CCCCC[C@H](NC(=O)OC(C)(C)C)C(=O)N4C3)cc(-n3ccnc3)nc2c1. The summed E-state index contributed by atoms with van der Waals surface area (Å²) in [7, 11) is 1.57. The topological polar surface area (TPSA) is 174 Å². The van der Waals surface area contributed by atoms with Gasteiger partial charge in [-0.05, 0) is 58.6 Å². The molecule has 6 rings (SSSR count). The molecular weight excluding hydrogens is 644 g/mol. The van der Waals surface area contributed by atoms with E-state index >= 15 is 0 Å². The summed E-state index contributed by atoms with van der Waals surface area (Å²) >= 11 is 0. The van der Waals surface area contributed by atoms with Gasteiger partial charge in [-0.3, -0.25) is 14.2 Å². The van der Waals surface area contributed by atoms with Gasteiger partial charge < -0.3 is 34.9 Å². The lowest BCUT2D eigenvalue weighted by molar-refractivity contribution is -0.145. The van der Waals surface area contributed by atoms with Gasteiger partial charge in [0.1, 0.15) is 53.0 Å². The number of carboxylic acids is 1. The Morgan fingerprint density at radius 2 is 1.96 bits per heavy atom. The second kappa shape index (κ2) is 14.0. The molecule has 0 radical (unpaired) electrons. The van der Waals surface area contributed by atoms with Crippen LogP contribution in [0.4, 0.5) is 4.79 Å². The summed E-state index contributed by atoms with van der Waals surface area (Å²) in [4.78, 5) is 64.1. The molecular formula is C36H44N6O8. The van der Waals surface area contributed by atoms with Crippen molar-refractivity contribution in [3.8, 4) is 17.3 Å². The van der Waals surface area contributed by atoms with Crippen LogP contribution >= 0.6 is 0 Å². The molecule has 3 amide bonds. The Hall–Kier alpha value is -5.14. The standard InChI is InChI=1S/C36H44N6O8/c1-35(2,3)50-34(47)39-26-11-9-7-5-6-8-10-22-19-36(22,33(45)46)40-31(43)28-17-24(20-42(28)32(26)44)49-29-18-30(41-15-14-37-21-41)38-27-16-23(48-4)12-13-25(27)29/h8,10,12-16,18,21-22,24,26,28H,5-7,9,11,17,19-20H2,1-4H3,(H,39,47)(H,40,43)(H,45,46)/b10-8-/t22-,24-,26+,28+,36-/m1/s1. The highest BCUT2D eigenvalue weighted by Gasteiger charge is 2.61. The number of nitrogens with zero attached hydrogens (tertiary/aromatic N) is 4. The number of pyridine rings is 1. The van der Waals surface area contributed by atoms with E-state index in [4.69, 9.17) is 19.2 Å². The third kappa shape index (κ3) is 7.53. The molecule has 1 saturated heterocycles. The summed E-state index contributed by atoms with van der Waals surface area (Å²) in [5, 5.41) is 16.4. The number of benzene rings is 1. The van der Waals surface area contributed by atoms with Gasteiger partial charge in [0.05, 0.1) is 19.2 Å². The van der Waals surface area contributed by atoms with Crippen molar-refractivity contribution >= 4 is 34.8 Å². The number of ether oxygens (including phenoxy) is 3. The molecule has 0 unspecified atom stereocenters. The van der Waals surface area contributed by atoms with E-state index in [0.717, 1.165) is 19.3 Å². The number of nitrogens with one attached hydrogen (secondary N) is 2. The molecule has 3 aromatic rings. The number of aliphatic carboxylic acids is 1. The monoisotopic (exact) mass is 688 g/mol. The average Bonchev–Trinajstić information content (AvgIpc) is 3.38. The van der Waals surface area contributed by atoms with Gasteiger partial charge in [-0.2, -0.15) is 0 Å². The van der Waals surface area contributed by atoms with Crippen molar-refractivity contribution < 1.29 is 38.5 Å². The van der Waals surface area contributed by atoms with E-state index in [1.54, 1.807) is 69.4 Å². The second-order valence-corrected chi connectivity index (χ2v) is 14.2. The minimum absolute atomic E-state index is 0.0210. The third-order valence-electron chi connectivity index (χ3n) is 9.34. The zero-order valence-corrected chi connectivity index (χ0v) is 28.8. The molecule has 14 nitrogen and oxygen atoms in total. The number of rotatable bonds is 6. The van der Waals surface area contributed by atoms with Gasteiger partial charge in [-0.1, -0.05) is 25.0 Å². The van der Waals surface area contributed by atoms with Crippen molar-refractivity contribution in [1.82, 2.24) is 30.1 Å². The summed E-state index contributed by atoms with van der Waals surface area (Å²) < 4.78 is 19.3. The molecule has 2 aromatic heterocycles. The van der Waals surface area contributed by atoms with Crippen molar-refractivity contribution in [3.63, 3.8) is 0 Å². The number of allylic oxidation sites excluding steroid dienone is 1. The predicted octanol–water partition coefficient (Wildman–Crippen LogP) is 4.15. The molecule has 50 heavy (non-hydrogen) atoms. The first-order valence-electron chi connectivity index (χ1n) is 17.0. The second-order valence-electron chi connectivity index (χ2n) is 14.2. The molecule has 2 fully saturated rings. The molecule has 1 aromatic carbocycles. The van der Waals surface area contributed by atoms with Crippen LogP contribution in [0.5, 0.6) is 11.5 Å². The molecule has 5 atom stereocenters. The molecule has 4 heterocycles. The number of alkyl carbamates (subject to hydrolysis) is 1. The third-order valence-corrected chi connectivity index (χ3v) is 9.34. The molecule has 0 spiro atoms. The summed E-state index contributed by atoms with van der Waals surface area (Å²) in [5.41, 5.74) is -1.63. The molecule has 3 aliphatic rings. The van der Waals surface area contributed by atoms with E-state index in [1.807, 2.05) is 18.2 Å². The first-order chi connectivity index (χ1) is 23.9. The maximum atomic E-state index is 14.4. The largest absolute Gasteiger partial charge is 0.497 e. The van der Waals surface area contributed by atoms with E-state index < -0.39 is 53.2 Å². The Morgan fingerprint density at radius 3 is 2.68 bits per heavy atom. The first kappa shape index (κ1) is 34.7. The minimum Gasteiger partial charge on any atom is -0.497 e. The molecule has 2 aliphatic heterocycles. The maximum Gasteiger partial charge on any atom is 0.408 e. The van der Waals surface area contributed by atoms with Crippen molar-refractivity contribution in [2.45, 2.75) is 95.0 Å². The molecule has 14 heteroatoms. The van der Waals surface area contributed by atoms with Crippen molar-refractivity contribution in [2.75, 3.05) is 13.7 Å². The number of methoxy groups -OCH3 is 1. The lowest BCUT2D eigenvalue weighted by Gasteiger charge is -2.30. The van der Waals surface area contributed by atoms with Gasteiger partial charge in [0.15, 0.2) is 0 Å². The fourth-order valence-electron chi connectivity index (χ4n) is 6.69. The molecule has 266 valence electrons. The minimum atomic E-state index is -1.45. The van der Waals surface area contributed by atoms with Gasteiger partial charge >= 0.3 is 12.1 Å². The first-order valence-corrected chi connectivity index (χ1v) is 17.0. The Bertz CT molecular complexity index is 1790. The zero-order chi connectivity index (χ0) is 35.6. The number of carboxylic acid groups (broad SMARTS) is 1. The van der Waals surface area contributed by atoms with E-state index in [9.17, 15) is 24.3 Å². The predicted molar refractivity (Wildman–Crippen MR) is 182 cm³/mol. The number of hydrogen-bond acceptors (Lipinski definition) is 9. The highest BCUT2D eigenvalue weighted by molar-refractivity contribution is 5.96. The van der Waals surface area contributed by atoms with Gasteiger partial charge in [-0.25, -0.2) is 19.6 Å². The zero-order valence-electron chi connectivity index (χ0n) is 28.8. The fraction of sp³-hybridized carbons (Fsp3) is 0.500. The molecule has 1 saturated carbocycles. The van der Waals surface area contributed by atoms with Crippen molar-refractivity contribution in [2.24, 2.45) is 5.92 Å². The molecule has 3 N–H and O–H groups in total. The number of amides is 3. The fourth-order valence-corrected chi connectivity index (χ4v) is 6.69. The van der Waals surface area contributed by atoms with Gasteiger partial charge in [0.2, 0.25) is 11.8 Å².